The highest BCUT2D eigenvalue weighted by molar-refractivity contribution is 5.98. The molecule has 2 aromatic rings. The molecule has 1 saturated heterocycles. The van der Waals surface area contributed by atoms with Crippen molar-refractivity contribution in [1.29, 1.82) is 0 Å². The molecule has 36 heavy (non-hydrogen) atoms. The number of anilines is 4. The normalized spacial score (nSPS) is 18.2. The van der Waals surface area contributed by atoms with Crippen molar-refractivity contribution in [3.05, 3.63) is 53.9 Å². The molecule has 0 radical (unpaired) electrons. The molecule has 1 aromatic heterocycles. The highest BCUT2D eigenvalue weighted by Gasteiger charge is 2.28. The number of ether oxygens (including phenoxy) is 1. The first kappa shape index (κ1) is 23.8. The van der Waals surface area contributed by atoms with Crippen LogP contribution in [0, 0.1) is 0 Å². The highest BCUT2D eigenvalue weighted by atomic mass is 16.5. The molecule has 1 fully saturated rings. The smallest absolute Gasteiger partial charge is 0.251 e. The average molecular weight is 490 g/mol. The van der Waals surface area contributed by atoms with Gasteiger partial charge in [-0.05, 0) is 63.3 Å². The van der Waals surface area contributed by atoms with E-state index in [9.17, 15) is 9.59 Å². The van der Waals surface area contributed by atoms with Gasteiger partial charge in [-0.3, -0.25) is 9.59 Å². The van der Waals surface area contributed by atoms with Crippen LogP contribution < -0.4 is 25.2 Å². The second kappa shape index (κ2) is 9.98. The Balaban J connectivity index is 1.36. The van der Waals surface area contributed by atoms with Crippen molar-refractivity contribution >= 4 is 35.0 Å². The van der Waals surface area contributed by atoms with Crippen LogP contribution in [0.15, 0.2) is 48.3 Å². The predicted octanol–water partition coefficient (Wildman–Crippen LogP) is 2.68. The summed E-state index contributed by atoms with van der Waals surface area (Å²) in [4.78, 5) is 40.4. The minimum Gasteiger partial charge on any atom is -0.495 e. The zero-order valence-electron chi connectivity index (χ0n) is 20.8. The maximum atomic E-state index is 12.8. The Labute approximate surface area is 210 Å². The molecule has 0 unspecified atom stereocenters. The van der Waals surface area contributed by atoms with E-state index in [4.69, 9.17) is 9.72 Å². The van der Waals surface area contributed by atoms with Gasteiger partial charge in [-0.15, -0.1) is 0 Å². The van der Waals surface area contributed by atoms with Gasteiger partial charge in [0.05, 0.1) is 19.0 Å². The molecule has 1 aliphatic carbocycles. The summed E-state index contributed by atoms with van der Waals surface area (Å²) < 4.78 is 5.58. The number of carbonyl (C=O) groups is 2. The van der Waals surface area contributed by atoms with Crippen molar-refractivity contribution in [3.8, 4) is 5.75 Å². The van der Waals surface area contributed by atoms with Gasteiger partial charge >= 0.3 is 0 Å². The summed E-state index contributed by atoms with van der Waals surface area (Å²) in [5, 5.41) is 6.35. The quantitative estimate of drug-likeness (QED) is 0.639. The van der Waals surface area contributed by atoms with Crippen LogP contribution in [0.5, 0.6) is 5.75 Å². The van der Waals surface area contributed by atoms with Crippen molar-refractivity contribution in [1.82, 2.24) is 20.2 Å². The molecule has 2 aliphatic heterocycles. The minimum atomic E-state index is -0.110. The number of amides is 2. The zero-order chi connectivity index (χ0) is 25.2. The third-order valence-electron chi connectivity index (χ3n) is 6.90. The lowest BCUT2D eigenvalue weighted by Gasteiger charge is -2.29. The van der Waals surface area contributed by atoms with Crippen LogP contribution >= 0.6 is 0 Å². The number of fused-ring (bicyclic) bond motifs is 1. The Hall–Kier alpha value is -3.92. The Morgan fingerprint density at radius 1 is 1.17 bits per heavy atom. The largest absolute Gasteiger partial charge is 0.495 e. The Bertz CT molecular complexity index is 1230. The molecule has 10 nitrogen and oxygen atoms in total. The van der Waals surface area contributed by atoms with Crippen LogP contribution in [0.1, 0.15) is 29.6 Å². The van der Waals surface area contributed by atoms with E-state index in [1.54, 1.807) is 43.5 Å². The fourth-order valence-corrected chi connectivity index (χ4v) is 4.57. The summed E-state index contributed by atoms with van der Waals surface area (Å²) in [6.07, 6.45) is 9.87. The number of carbonyl (C=O) groups excluding carboxylic acids is 2. The van der Waals surface area contributed by atoms with Crippen molar-refractivity contribution in [2.75, 3.05) is 56.0 Å². The zero-order valence-corrected chi connectivity index (χ0v) is 20.8. The van der Waals surface area contributed by atoms with Crippen molar-refractivity contribution in [2.45, 2.75) is 25.3 Å². The molecule has 2 amide bonds. The number of hydrogen-bond acceptors (Lipinski definition) is 8. The van der Waals surface area contributed by atoms with Crippen LogP contribution in [0.4, 0.5) is 23.1 Å². The summed E-state index contributed by atoms with van der Waals surface area (Å²) >= 11 is 0. The molecule has 1 aromatic carbocycles. The van der Waals surface area contributed by atoms with E-state index in [1.807, 2.05) is 23.1 Å². The lowest BCUT2D eigenvalue weighted by atomic mass is 10.0. The molecular formula is C26H31N7O3. The van der Waals surface area contributed by atoms with Gasteiger partial charge in [-0.25, -0.2) is 4.98 Å². The lowest BCUT2D eigenvalue weighted by Crippen LogP contribution is -2.43. The fraction of sp³-hybridized carbons (Fsp3) is 0.385. The number of hydrogen-bond donors (Lipinski definition) is 2. The monoisotopic (exact) mass is 489 g/mol. The second-order valence-corrected chi connectivity index (χ2v) is 9.30. The standard InChI is InChI=1S/C26H31N7O3/c1-31-12-9-18(10-13-31)28-25(35)17-7-8-20(22(15-17)36-3)29-26-27-16-21-24(30-26)33(19-5-4-6-19)14-11-23(34)32(21)2/h4-8,15-16,18H,9-14H2,1-3H3,(H,28,35)(H,27,29,30). The maximum absolute atomic E-state index is 12.8. The van der Waals surface area contributed by atoms with Gasteiger partial charge in [-0.1, -0.05) is 6.08 Å². The fourth-order valence-electron chi connectivity index (χ4n) is 4.57. The summed E-state index contributed by atoms with van der Waals surface area (Å²) in [6, 6.07) is 5.46. The van der Waals surface area contributed by atoms with Crippen LogP contribution in [-0.2, 0) is 4.79 Å². The summed E-state index contributed by atoms with van der Waals surface area (Å²) in [5.74, 6) is 1.44. The molecule has 0 saturated carbocycles. The van der Waals surface area contributed by atoms with Crippen LogP contribution in [0.2, 0.25) is 0 Å². The first-order chi connectivity index (χ1) is 17.4. The maximum Gasteiger partial charge on any atom is 0.251 e. The highest BCUT2D eigenvalue weighted by Crippen LogP contribution is 2.35. The first-order valence-corrected chi connectivity index (χ1v) is 12.2. The molecular weight excluding hydrogens is 458 g/mol. The molecule has 0 spiro atoms. The average Bonchev–Trinajstić information content (AvgIpc) is 2.97. The molecule has 3 aliphatic rings. The molecule has 3 heterocycles. The number of benzene rings is 1. The number of likely N-dealkylation sites (tertiary alicyclic amines) is 1. The van der Waals surface area contributed by atoms with Gasteiger partial charge in [0.25, 0.3) is 5.91 Å². The molecule has 188 valence electrons. The third-order valence-corrected chi connectivity index (χ3v) is 6.90. The molecule has 10 heteroatoms. The number of nitrogens with one attached hydrogen (secondary N) is 2. The Kier molecular flexibility index (Phi) is 6.60. The van der Waals surface area contributed by atoms with Gasteiger partial charge in [0.1, 0.15) is 11.4 Å². The van der Waals surface area contributed by atoms with Gasteiger partial charge in [0.2, 0.25) is 11.9 Å². The Morgan fingerprint density at radius 2 is 1.94 bits per heavy atom. The molecule has 0 bridgehead atoms. The summed E-state index contributed by atoms with van der Waals surface area (Å²) in [6.45, 7) is 2.49. The van der Waals surface area contributed by atoms with Crippen LogP contribution in [0.25, 0.3) is 0 Å². The van der Waals surface area contributed by atoms with E-state index in [0.717, 1.165) is 31.6 Å². The van der Waals surface area contributed by atoms with E-state index in [0.29, 0.717) is 47.4 Å². The Morgan fingerprint density at radius 3 is 2.64 bits per heavy atom. The molecule has 0 atom stereocenters. The number of piperidine rings is 1. The minimum absolute atomic E-state index is 0.0164. The van der Waals surface area contributed by atoms with E-state index >= 15 is 0 Å². The lowest BCUT2D eigenvalue weighted by molar-refractivity contribution is -0.118. The number of methoxy groups -OCH3 is 1. The number of allylic oxidation sites excluding steroid dienone is 3. The van der Waals surface area contributed by atoms with Crippen molar-refractivity contribution in [3.63, 3.8) is 0 Å². The van der Waals surface area contributed by atoms with Gasteiger partial charge < -0.3 is 30.1 Å². The van der Waals surface area contributed by atoms with Crippen LogP contribution in [-0.4, -0.2) is 73.6 Å². The van der Waals surface area contributed by atoms with E-state index in [1.165, 1.54) is 0 Å². The molecule has 5 rings (SSSR count). The topological polar surface area (TPSA) is 103 Å². The summed E-state index contributed by atoms with van der Waals surface area (Å²) in [5.41, 5.74) is 2.83. The van der Waals surface area contributed by atoms with E-state index in [2.05, 4.69) is 27.6 Å². The van der Waals surface area contributed by atoms with Gasteiger partial charge in [0.15, 0.2) is 5.82 Å². The molecule has 2 N–H and O–H groups in total. The number of nitrogens with zero attached hydrogens (tertiary/aromatic N) is 5. The van der Waals surface area contributed by atoms with Gasteiger partial charge in [0, 0.05) is 37.3 Å². The van der Waals surface area contributed by atoms with Crippen molar-refractivity contribution < 1.29 is 14.3 Å². The number of aromatic nitrogens is 2. The van der Waals surface area contributed by atoms with Gasteiger partial charge in [-0.2, -0.15) is 4.98 Å². The first-order valence-electron chi connectivity index (χ1n) is 12.2. The van der Waals surface area contributed by atoms with Crippen molar-refractivity contribution in [2.24, 2.45) is 0 Å². The third kappa shape index (κ3) is 4.76. The van der Waals surface area contributed by atoms with E-state index in [-0.39, 0.29) is 17.9 Å². The number of rotatable bonds is 6. The van der Waals surface area contributed by atoms with E-state index < -0.39 is 0 Å². The SMILES string of the molecule is COc1cc(C(=O)NC2CCN(C)CC2)ccc1Nc1ncc2c(n1)N(C1=CC=C1)CCC(=O)N2C. The summed E-state index contributed by atoms with van der Waals surface area (Å²) in [7, 11) is 5.40. The van der Waals surface area contributed by atoms with Crippen LogP contribution in [0.3, 0.4) is 0 Å². The second-order valence-electron chi connectivity index (χ2n) is 9.30. The predicted molar refractivity (Wildman–Crippen MR) is 139 cm³/mol.